The Kier molecular flexibility index (Phi) is 4.56. The highest BCUT2D eigenvalue weighted by Crippen LogP contribution is 2.22. The standard InChI is InChI=1S/C12H10ClIN4O/c13-8-2-3-10(9(14)5-8)17-12(19)7-1-4-11(18-15)16-6-7/h1-6H,15H2,(H,16,18)(H,17,19). The molecule has 1 heterocycles. The normalized spacial score (nSPS) is 10.1. The zero-order valence-electron chi connectivity index (χ0n) is 9.65. The number of nitrogens with one attached hydrogen (secondary N) is 2. The van der Waals surface area contributed by atoms with Crippen LogP contribution in [0.15, 0.2) is 36.5 Å². The van der Waals surface area contributed by atoms with Crippen LogP contribution >= 0.6 is 34.2 Å². The molecule has 1 aromatic heterocycles. The van der Waals surface area contributed by atoms with Crippen molar-refractivity contribution in [2.24, 2.45) is 5.84 Å². The van der Waals surface area contributed by atoms with E-state index in [0.29, 0.717) is 22.1 Å². The van der Waals surface area contributed by atoms with Crippen LogP contribution in [0.2, 0.25) is 5.02 Å². The smallest absolute Gasteiger partial charge is 0.257 e. The number of pyridine rings is 1. The van der Waals surface area contributed by atoms with Gasteiger partial charge in [0.05, 0.1) is 11.3 Å². The Bertz CT molecular complexity index is 603. The van der Waals surface area contributed by atoms with Gasteiger partial charge < -0.3 is 10.7 Å². The lowest BCUT2D eigenvalue weighted by atomic mass is 10.2. The number of carbonyl (C=O) groups excluding carboxylic acids is 1. The van der Waals surface area contributed by atoms with Gasteiger partial charge in [-0.2, -0.15) is 0 Å². The van der Waals surface area contributed by atoms with Crippen LogP contribution in [0.3, 0.4) is 0 Å². The van der Waals surface area contributed by atoms with Crippen LogP contribution in [0.5, 0.6) is 0 Å². The minimum atomic E-state index is -0.240. The molecule has 0 saturated carbocycles. The molecule has 0 spiro atoms. The van der Waals surface area contributed by atoms with Gasteiger partial charge in [-0.3, -0.25) is 4.79 Å². The fourth-order valence-corrected chi connectivity index (χ4v) is 2.41. The summed E-state index contributed by atoms with van der Waals surface area (Å²) in [6.07, 6.45) is 1.45. The summed E-state index contributed by atoms with van der Waals surface area (Å²) in [6.45, 7) is 0. The van der Waals surface area contributed by atoms with Crippen molar-refractivity contribution < 1.29 is 4.79 Å². The summed E-state index contributed by atoms with van der Waals surface area (Å²) in [4.78, 5) is 16.0. The van der Waals surface area contributed by atoms with E-state index in [1.807, 2.05) is 0 Å². The van der Waals surface area contributed by atoms with E-state index in [2.05, 4.69) is 38.3 Å². The second kappa shape index (κ2) is 6.18. The van der Waals surface area contributed by atoms with Crippen LogP contribution < -0.4 is 16.6 Å². The van der Waals surface area contributed by atoms with Crippen molar-refractivity contribution in [3.63, 3.8) is 0 Å². The number of rotatable bonds is 3. The van der Waals surface area contributed by atoms with Crippen LogP contribution in [0.4, 0.5) is 11.5 Å². The van der Waals surface area contributed by atoms with E-state index >= 15 is 0 Å². The summed E-state index contributed by atoms with van der Waals surface area (Å²) in [6, 6.07) is 8.52. The molecule has 4 N–H and O–H groups in total. The lowest BCUT2D eigenvalue weighted by molar-refractivity contribution is 0.102. The highest BCUT2D eigenvalue weighted by molar-refractivity contribution is 14.1. The number of amides is 1. The molecule has 0 aliphatic heterocycles. The average molecular weight is 389 g/mol. The topological polar surface area (TPSA) is 80.0 Å². The third kappa shape index (κ3) is 3.55. The number of aromatic nitrogens is 1. The summed E-state index contributed by atoms with van der Waals surface area (Å²) in [5.74, 6) is 5.47. The predicted octanol–water partition coefficient (Wildman–Crippen LogP) is 2.88. The molecule has 0 unspecified atom stereocenters. The van der Waals surface area contributed by atoms with Crippen molar-refractivity contribution in [3.05, 3.63) is 50.7 Å². The predicted molar refractivity (Wildman–Crippen MR) is 84.2 cm³/mol. The zero-order valence-corrected chi connectivity index (χ0v) is 12.6. The highest BCUT2D eigenvalue weighted by Gasteiger charge is 2.09. The van der Waals surface area contributed by atoms with Crippen molar-refractivity contribution in [1.82, 2.24) is 4.98 Å². The Morgan fingerprint density at radius 3 is 2.68 bits per heavy atom. The Hall–Kier alpha value is -1.38. The number of hydrogen-bond donors (Lipinski definition) is 3. The molecular formula is C12H10ClIN4O. The Morgan fingerprint density at radius 2 is 2.11 bits per heavy atom. The Morgan fingerprint density at radius 1 is 1.32 bits per heavy atom. The van der Waals surface area contributed by atoms with E-state index in [9.17, 15) is 4.79 Å². The number of anilines is 2. The first-order valence-electron chi connectivity index (χ1n) is 5.29. The number of nitrogens with two attached hydrogens (primary N) is 1. The molecule has 19 heavy (non-hydrogen) atoms. The van der Waals surface area contributed by atoms with Gasteiger partial charge in [0, 0.05) is 14.8 Å². The van der Waals surface area contributed by atoms with E-state index in [4.69, 9.17) is 17.4 Å². The van der Waals surface area contributed by atoms with E-state index in [-0.39, 0.29) is 5.91 Å². The third-order valence-electron chi connectivity index (χ3n) is 2.35. The highest BCUT2D eigenvalue weighted by atomic mass is 127. The molecular weight excluding hydrogens is 379 g/mol. The summed E-state index contributed by atoms with van der Waals surface area (Å²) < 4.78 is 0.867. The maximum Gasteiger partial charge on any atom is 0.257 e. The largest absolute Gasteiger partial charge is 0.321 e. The molecule has 5 nitrogen and oxygen atoms in total. The quantitative estimate of drug-likeness (QED) is 0.429. The van der Waals surface area contributed by atoms with E-state index in [0.717, 1.165) is 3.57 Å². The van der Waals surface area contributed by atoms with Gasteiger partial charge in [0.15, 0.2) is 0 Å². The van der Waals surface area contributed by atoms with Gasteiger partial charge in [0.1, 0.15) is 5.82 Å². The summed E-state index contributed by atoms with van der Waals surface area (Å²) in [5.41, 5.74) is 3.55. The number of benzene rings is 1. The number of nitrogens with zero attached hydrogens (tertiary/aromatic N) is 1. The number of hydrazine groups is 1. The van der Waals surface area contributed by atoms with Gasteiger partial charge in [0.25, 0.3) is 5.91 Å². The molecule has 0 aliphatic rings. The van der Waals surface area contributed by atoms with E-state index in [1.54, 1.807) is 30.3 Å². The molecule has 7 heteroatoms. The van der Waals surface area contributed by atoms with Gasteiger partial charge in [-0.25, -0.2) is 10.8 Å². The van der Waals surface area contributed by atoms with Crippen molar-refractivity contribution >= 4 is 51.6 Å². The van der Waals surface area contributed by atoms with Crippen molar-refractivity contribution in [2.75, 3.05) is 10.7 Å². The number of nitrogen functional groups attached to an aromatic ring is 1. The zero-order chi connectivity index (χ0) is 13.8. The molecule has 0 aliphatic carbocycles. The summed E-state index contributed by atoms with van der Waals surface area (Å²) in [5, 5.41) is 3.42. The van der Waals surface area contributed by atoms with Gasteiger partial charge in [0.2, 0.25) is 0 Å². The van der Waals surface area contributed by atoms with Crippen LogP contribution in [0.1, 0.15) is 10.4 Å². The third-order valence-corrected chi connectivity index (χ3v) is 3.48. The van der Waals surface area contributed by atoms with Crippen molar-refractivity contribution in [1.29, 1.82) is 0 Å². The molecule has 0 atom stereocenters. The minimum Gasteiger partial charge on any atom is -0.321 e. The second-order valence-electron chi connectivity index (χ2n) is 3.65. The number of halogens is 2. The average Bonchev–Trinajstić information content (AvgIpc) is 2.42. The molecule has 98 valence electrons. The maximum absolute atomic E-state index is 12.0. The fraction of sp³-hybridized carbons (Fsp3) is 0. The lowest BCUT2D eigenvalue weighted by Crippen LogP contribution is -2.14. The van der Waals surface area contributed by atoms with Gasteiger partial charge >= 0.3 is 0 Å². The van der Waals surface area contributed by atoms with Gasteiger partial charge in [-0.05, 0) is 52.9 Å². The van der Waals surface area contributed by atoms with Crippen LogP contribution in [0, 0.1) is 3.57 Å². The molecule has 2 aromatic rings. The molecule has 2 rings (SSSR count). The first-order chi connectivity index (χ1) is 9.10. The summed E-state index contributed by atoms with van der Waals surface area (Å²) in [7, 11) is 0. The van der Waals surface area contributed by atoms with Crippen molar-refractivity contribution in [2.45, 2.75) is 0 Å². The Balaban J connectivity index is 2.15. The second-order valence-corrected chi connectivity index (χ2v) is 5.25. The minimum absolute atomic E-state index is 0.240. The van der Waals surface area contributed by atoms with E-state index in [1.165, 1.54) is 6.20 Å². The molecule has 0 fully saturated rings. The SMILES string of the molecule is NNc1ccc(C(=O)Nc2ccc(Cl)cc2I)cn1. The fourth-order valence-electron chi connectivity index (χ4n) is 1.40. The van der Waals surface area contributed by atoms with Gasteiger partial charge in [-0.15, -0.1) is 0 Å². The molecule has 1 amide bonds. The van der Waals surface area contributed by atoms with Crippen LogP contribution in [-0.2, 0) is 0 Å². The molecule has 0 radical (unpaired) electrons. The summed E-state index contributed by atoms with van der Waals surface area (Å²) >= 11 is 7.97. The number of carbonyl (C=O) groups is 1. The first kappa shape index (κ1) is 14.0. The van der Waals surface area contributed by atoms with E-state index < -0.39 is 0 Å². The first-order valence-corrected chi connectivity index (χ1v) is 6.75. The number of hydrogen-bond acceptors (Lipinski definition) is 4. The van der Waals surface area contributed by atoms with Crippen LogP contribution in [0.25, 0.3) is 0 Å². The molecule has 0 saturated heterocycles. The van der Waals surface area contributed by atoms with Crippen molar-refractivity contribution in [3.8, 4) is 0 Å². The maximum atomic E-state index is 12.0. The molecule has 1 aromatic carbocycles. The Labute approximate surface area is 128 Å². The monoisotopic (exact) mass is 388 g/mol. The lowest BCUT2D eigenvalue weighted by Gasteiger charge is -2.08. The van der Waals surface area contributed by atoms with Crippen LogP contribution in [-0.4, -0.2) is 10.9 Å². The van der Waals surface area contributed by atoms with Gasteiger partial charge in [-0.1, -0.05) is 11.6 Å². The molecule has 0 bridgehead atoms.